The summed E-state index contributed by atoms with van der Waals surface area (Å²) in [4.78, 5) is 30.2. The van der Waals surface area contributed by atoms with E-state index in [1.54, 1.807) is 12.3 Å². The topological polar surface area (TPSA) is 95.1 Å². The van der Waals surface area contributed by atoms with Crippen LogP contribution in [-0.4, -0.2) is 33.0 Å². The predicted octanol–water partition coefficient (Wildman–Crippen LogP) is 1.86. The summed E-state index contributed by atoms with van der Waals surface area (Å²) in [5.74, 6) is -1.60. The van der Waals surface area contributed by atoms with Crippen LogP contribution in [0.3, 0.4) is 0 Å². The molecule has 0 aromatic carbocycles. The lowest BCUT2D eigenvalue weighted by molar-refractivity contribution is -0.139. The standard InChI is InChI=1S/C12H12ClN3O3S/c1-6-4-20-10(9(6)13)11(17)16-8(12(18)19)2-7-3-14-5-15-7/h3-5,8H,2H2,1H3,(H,14,15)(H,16,17)(H,18,19). The van der Waals surface area contributed by atoms with Crippen molar-refractivity contribution in [2.24, 2.45) is 0 Å². The molecule has 1 unspecified atom stereocenters. The van der Waals surface area contributed by atoms with E-state index in [0.29, 0.717) is 15.6 Å². The van der Waals surface area contributed by atoms with E-state index < -0.39 is 17.9 Å². The van der Waals surface area contributed by atoms with E-state index >= 15 is 0 Å². The number of thiophene rings is 1. The van der Waals surface area contributed by atoms with Gasteiger partial charge in [-0.15, -0.1) is 11.3 Å². The molecule has 3 N–H and O–H groups in total. The molecule has 0 bridgehead atoms. The average molecular weight is 314 g/mol. The quantitative estimate of drug-likeness (QED) is 0.785. The Balaban J connectivity index is 2.10. The van der Waals surface area contributed by atoms with Crippen molar-refractivity contribution in [3.05, 3.63) is 39.1 Å². The summed E-state index contributed by atoms with van der Waals surface area (Å²) >= 11 is 7.18. The highest BCUT2D eigenvalue weighted by Crippen LogP contribution is 2.27. The lowest BCUT2D eigenvalue weighted by Crippen LogP contribution is -2.42. The minimum absolute atomic E-state index is 0.128. The van der Waals surface area contributed by atoms with Gasteiger partial charge < -0.3 is 15.4 Å². The third-order valence-electron chi connectivity index (χ3n) is 2.69. The molecule has 0 aliphatic rings. The van der Waals surface area contributed by atoms with Crippen LogP contribution in [0.15, 0.2) is 17.9 Å². The summed E-state index contributed by atoms with van der Waals surface area (Å²) in [6.45, 7) is 1.79. The minimum atomic E-state index is -1.11. The van der Waals surface area contributed by atoms with Crippen molar-refractivity contribution in [3.8, 4) is 0 Å². The van der Waals surface area contributed by atoms with Crippen LogP contribution in [0.25, 0.3) is 0 Å². The number of rotatable bonds is 5. The summed E-state index contributed by atoms with van der Waals surface area (Å²) in [7, 11) is 0. The fraction of sp³-hybridized carbons (Fsp3) is 0.250. The number of nitrogens with zero attached hydrogens (tertiary/aromatic N) is 1. The molecule has 0 aliphatic carbocycles. The second-order valence-corrected chi connectivity index (χ2v) is 5.46. The highest BCUT2D eigenvalue weighted by atomic mass is 35.5. The molecule has 2 rings (SSSR count). The van der Waals surface area contributed by atoms with Gasteiger partial charge in [0.25, 0.3) is 5.91 Å². The first-order valence-electron chi connectivity index (χ1n) is 5.73. The molecule has 2 aromatic heterocycles. The van der Waals surface area contributed by atoms with Crippen molar-refractivity contribution in [2.45, 2.75) is 19.4 Å². The number of aromatic nitrogens is 2. The van der Waals surface area contributed by atoms with E-state index in [1.165, 1.54) is 23.9 Å². The number of carboxylic acids is 1. The van der Waals surface area contributed by atoms with Crippen LogP contribution in [0.5, 0.6) is 0 Å². The molecule has 0 saturated carbocycles. The third kappa shape index (κ3) is 3.17. The molecule has 6 nitrogen and oxygen atoms in total. The van der Waals surface area contributed by atoms with E-state index in [1.807, 2.05) is 0 Å². The number of amides is 1. The van der Waals surface area contributed by atoms with Crippen molar-refractivity contribution in [1.82, 2.24) is 15.3 Å². The molecule has 2 aromatic rings. The van der Waals surface area contributed by atoms with Gasteiger partial charge in [0.2, 0.25) is 0 Å². The molecule has 2 heterocycles. The monoisotopic (exact) mass is 313 g/mol. The van der Waals surface area contributed by atoms with E-state index in [-0.39, 0.29) is 6.42 Å². The van der Waals surface area contributed by atoms with Crippen LogP contribution in [-0.2, 0) is 11.2 Å². The normalized spacial score (nSPS) is 12.1. The van der Waals surface area contributed by atoms with Gasteiger partial charge in [0.15, 0.2) is 0 Å². The number of nitrogens with one attached hydrogen (secondary N) is 2. The summed E-state index contributed by atoms with van der Waals surface area (Å²) in [6, 6.07) is -1.04. The van der Waals surface area contributed by atoms with Gasteiger partial charge in [-0.3, -0.25) is 4.79 Å². The predicted molar refractivity (Wildman–Crippen MR) is 75.2 cm³/mol. The Labute approximate surface area is 123 Å². The van der Waals surface area contributed by atoms with E-state index in [2.05, 4.69) is 15.3 Å². The largest absolute Gasteiger partial charge is 0.480 e. The first-order chi connectivity index (χ1) is 9.49. The lowest BCUT2D eigenvalue weighted by atomic mass is 10.1. The minimum Gasteiger partial charge on any atom is -0.480 e. The molecule has 0 saturated heterocycles. The Morgan fingerprint density at radius 1 is 1.60 bits per heavy atom. The Hall–Kier alpha value is -1.86. The highest BCUT2D eigenvalue weighted by molar-refractivity contribution is 7.13. The van der Waals surface area contributed by atoms with Crippen LogP contribution in [0.1, 0.15) is 20.9 Å². The summed E-state index contributed by atoms with van der Waals surface area (Å²) in [5, 5.41) is 13.7. The van der Waals surface area contributed by atoms with Crippen LogP contribution >= 0.6 is 22.9 Å². The average Bonchev–Trinajstić information content (AvgIpc) is 3.00. The Bertz CT molecular complexity index is 624. The van der Waals surface area contributed by atoms with Gasteiger partial charge >= 0.3 is 5.97 Å². The number of H-pyrrole nitrogens is 1. The van der Waals surface area contributed by atoms with Crippen molar-refractivity contribution < 1.29 is 14.7 Å². The highest BCUT2D eigenvalue weighted by Gasteiger charge is 2.24. The first-order valence-corrected chi connectivity index (χ1v) is 6.99. The second kappa shape index (κ2) is 6.06. The molecule has 0 fully saturated rings. The maximum absolute atomic E-state index is 12.0. The van der Waals surface area contributed by atoms with Crippen LogP contribution in [0, 0.1) is 6.92 Å². The van der Waals surface area contributed by atoms with E-state index in [4.69, 9.17) is 16.7 Å². The number of aromatic amines is 1. The zero-order valence-electron chi connectivity index (χ0n) is 10.5. The van der Waals surface area contributed by atoms with Gasteiger partial charge in [-0.05, 0) is 17.9 Å². The molecular weight excluding hydrogens is 302 g/mol. The number of halogens is 1. The molecule has 8 heteroatoms. The number of hydrogen-bond acceptors (Lipinski definition) is 4. The zero-order valence-corrected chi connectivity index (χ0v) is 12.1. The molecule has 0 spiro atoms. The van der Waals surface area contributed by atoms with Gasteiger partial charge in [0.1, 0.15) is 10.9 Å². The number of imidazole rings is 1. The van der Waals surface area contributed by atoms with E-state index in [9.17, 15) is 9.59 Å². The molecule has 1 atom stereocenters. The smallest absolute Gasteiger partial charge is 0.326 e. The maximum atomic E-state index is 12.0. The fourth-order valence-electron chi connectivity index (χ4n) is 1.62. The van der Waals surface area contributed by atoms with Crippen molar-refractivity contribution in [2.75, 3.05) is 0 Å². The summed E-state index contributed by atoms with van der Waals surface area (Å²) in [5.41, 5.74) is 1.42. The third-order valence-corrected chi connectivity index (χ3v) is 4.38. The van der Waals surface area contributed by atoms with Gasteiger partial charge in [-0.1, -0.05) is 11.6 Å². The van der Waals surface area contributed by atoms with Crippen molar-refractivity contribution >= 4 is 34.8 Å². The molecule has 0 radical (unpaired) electrons. The van der Waals surface area contributed by atoms with Gasteiger partial charge in [-0.25, -0.2) is 9.78 Å². The number of carboxylic acid groups (broad SMARTS) is 1. The SMILES string of the molecule is Cc1csc(C(=O)NC(Cc2cnc[nH]2)C(=O)O)c1Cl. The second-order valence-electron chi connectivity index (χ2n) is 4.21. The fourth-order valence-corrected chi connectivity index (χ4v) is 2.80. The zero-order chi connectivity index (χ0) is 14.7. The summed E-state index contributed by atoms with van der Waals surface area (Å²) in [6.07, 6.45) is 3.10. The molecule has 0 aliphatic heterocycles. The number of hydrogen-bond donors (Lipinski definition) is 3. The Kier molecular flexibility index (Phi) is 4.41. The van der Waals surface area contributed by atoms with Crippen molar-refractivity contribution in [3.63, 3.8) is 0 Å². The Morgan fingerprint density at radius 2 is 2.35 bits per heavy atom. The number of aliphatic carboxylic acids is 1. The van der Waals surface area contributed by atoms with Crippen molar-refractivity contribution in [1.29, 1.82) is 0 Å². The van der Waals surface area contributed by atoms with E-state index in [0.717, 1.165) is 5.56 Å². The maximum Gasteiger partial charge on any atom is 0.326 e. The summed E-state index contributed by atoms with van der Waals surface area (Å²) < 4.78 is 0. The molecule has 20 heavy (non-hydrogen) atoms. The van der Waals surface area contributed by atoms with Gasteiger partial charge in [0, 0.05) is 18.3 Å². The number of carbonyl (C=O) groups excluding carboxylic acids is 1. The number of carbonyl (C=O) groups is 2. The first kappa shape index (κ1) is 14.5. The van der Waals surface area contributed by atoms with Crippen LogP contribution in [0.2, 0.25) is 5.02 Å². The molecule has 106 valence electrons. The molecular formula is C12H12ClN3O3S. The Morgan fingerprint density at radius 3 is 2.85 bits per heavy atom. The van der Waals surface area contributed by atoms with Gasteiger partial charge in [0.05, 0.1) is 11.3 Å². The number of aryl methyl sites for hydroxylation is 1. The van der Waals surface area contributed by atoms with Crippen LogP contribution in [0.4, 0.5) is 0 Å². The van der Waals surface area contributed by atoms with Crippen LogP contribution < -0.4 is 5.32 Å². The molecule has 1 amide bonds. The lowest BCUT2D eigenvalue weighted by Gasteiger charge is -2.13. The van der Waals surface area contributed by atoms with Gasteiger partial charge in [-0.2, -0.15) is 0 Å².